The average Bonchev–Trinajstić information content (AvgIpc) is 3.11. The Morgan fingerprint density at radius 3 is 1.55 bits per heavy atom. The summed E-state index contributed by atoms with van der Waals surface area (Å²) in [4.78, 5) is 0. The van der Waals surface area contributed by atoms with Crippen molar-refractivity contribution in [3.8, 4) is 0 Å². The molecule has 1 heterocycles. The summed E-state index contributed by atoms with van der Waals surface area (Å²) in [6.45, 7) is 2.78. The van der Waals surface area contributed by atoms with Gasteiger partial charge in [0.15, 0.2) is 0 Å². The van der Waals surface area contributed by atoms with E-state index in [2.05, 4.69) is 149 Å². The number of halogens is 3. The second-order valence-corrected chi connectivity index (χ2v) is 12.5. The van der Waals surface area contributed by atoms with Gasteiger partial charge in [0.05, 0.1) is 0 Å². The number of imidazole rings is 1. The molecule has 0 aliphatic rings. The molecular weight excluding hydrogens is 815 g/mol. The third kappa shape index (κ3) is 8.61. The maximum absolute atomic E-state index is 5.73. The Morgan fingerprint density at radius 2 is 1.13 bits per heavy atom. The Labute approximate surface area is 227 Å². The Hall–Kier alpha value is -0.732. The third-order valence-electron chi connectivity index (χ3n) is 4.47. The van der Waals surface area contributed by atoms with Crippen LogP contribution in [0, 0.1) is 3.80 Å². The molecule has 0 radical (unpaired) electrons. The normalized spacial score (nSPS) is 10.6. The summed E-state index contributed by atoms with van der Waals surface area (Å²) in [5.41, 5.74) is 3.93. The molecule has 0 fully saturated rings. The third-order valence-corrected chi connectivity index (χ3v) is 6.71. The van der Waals surface area contributed by atoms with Crippen molar-refractivity contribution in [1.82, 2.24) is 10.5 Å². The fraction of sp³-hybridized carbons (Fsp3) is 0.125. The molecule has 3 aromatic carbocycles. The van der Waals surface area contributed by atoms with E-state index >= 15 is 0 Å². The molecule has 31 heavy (non-hydrogen) atoms. The van der Waals surface area contributed by atoms with E-state index in [1.807, 2.05) is 24.3 Å². The summed E-state index contributed by atoms with van der Waals surface area (Å²) >= 11 is 12.6. The minimum absolute atomic E-state index is 0.794. The van der Waals surface area contributed by atoms with Crippen LogP contribution in [-0.2, 0) is 39.0 Å². The van der Waals surface area contributed by atoms with E-state index in [-0.39, 0.29) is 0 Å². The van der Waals surface area contributed by atoms with E-state index < -0.39 is 0 Å². The molecule has 4 aromatic rings. The van der Waals surface area contributed by atoms with Crippen LogP contribution in [0.2, 0.25) is 5.02 Å². The Kier molecular flexibility index (Phi) is 10.5. The predicted molar refractivity (Wildman–Crippen MR) is 142 cm³/mol. The van der Waals surface area contributed by atoms with Gasteiger partial charge >= 0.3 is 130 Å². The molecule has 164 valence electrons. The van der Waals surface area contributed by atoms with E-state index in [4.69, 9.17) is 11.6 Å². The molecule has 0 aliphatic carbocycles. The summed E-state index contributed by atoms with van der Waals surface area (Å²) in [6, 6.07) is 29.0. The molecule has 0 N–H and O–H groups in total. The van der Waals surface area contributed by atoms with Crippen LogP contribution in [0.3, 0.4) is 0 Å². The van der Waals surface area contributed by atoms with Crippen molar-refractivity contribution in [2.45, 2.75) is 19.6 Å². The van der Waals surface area contributed by atoms with Gasteiger partial charge in [-0.2, -0.15) is 1.33 Å². The fourth-order valence-corrected chi connectivity index (χ4v) is 4.57. The monoisotopic (exact) mass is 836 g/mol. The first-order chi connectivity index (χ1) is 15.0. The maximum atomic E-state index is 5.73. The molecule has 0 spiro atoms. The molecule has 0 aliphatic heterocycles. The van der Waals surface area contributed by atoms with Crippen LogP contribution in [0.25, 0.3) is 0 Å². The van der Waals surface area contributed by atoms with E-state index in [9.17, 15) is 0 Å². The summed E-state index contributed by atoms with van der Waals surface area (Å²) in [6.07, 6.45) is 4.30. The molecule has 0 atom stereocenters. The second kappa shape index (κ2) is 13.1. The van der Waals surface area contributed by atoms with Crippen molar-refractivity contribution >= 4 is 57.3 Å². The molecule has 3 nitrogen and oxygen atoms in total. The number of nitrogens with zero attached hydrogens (tertiary/aromatic N) is 3. The van der Waals surface area contributed by atoms with Gasteiger partial charge in [-0.15, -0.1) is 0 Å². The Morgan fingerprint density at radius 1 is 0.677 bits per heavy atom. The van der Waals surface area contributed by atoms with E-state index in [1.165, 1.54) is 20.5 Å². The van der Waals surface area contributed by atoms with Crippen LogP contribution in [0.1, 0.15) is 16.7 Å². The van der Waals surface area contributed by atoms with Crippen LogP contribution >= 0.6 is 57.3 Å². The zero-order valence-electron chi connectivity index (χ0n) is 16.7. The standard InChI is InChI=1S/C17H16N2.C7H6ClI2N.Pt/c1-3-7-16(8-4-1)13-18-11-12-19(15-18)14-17-9-5-2-6-10-17;8-7-3-1-6(2-4-7)5-11(9)10;/h1-12H,13-14H2;1-4H,5H2;. The number of aromatic nitrogens is 2. The SMILES string of the molecule is Clc1ccc(CN(I)I)cc1.[Pt]=[c]1n(Cc2ccccc2)ccn1Cc1ccccc1. The minimum atomic E-state index is 0.794. The van der Waals surface area contributed by atoms with Crippen molar-refractivity contribution in [3.63, 3.8) is 0 Å². The van der Waals surface area contributed by atoms with Gasteiger partial charge in [-0.3, -0.25) is 0 Å². The number of hydrogen-bond donors (Lipinski definition) is 0. The summed E-state index contributed by atoms with van der Waals surface area (Å²) in [5, 5.41) is 0.794. The van der Waals surface area contributed by atoms with Crippen molar-refractivity contribution in [3.05, 3.63) is 123 Å². The van der Waals surface area contributed by atoms with Crippen LogP contribution < -0.4 is 0 Å². The molecular formula is C24H22ClI2N3Pt. The molecule has 0 saturated heterocycles. The zero-order chi connectivity index (χ0) is 22.1. The molecule has 4 rings (SSSR count). The van der Waals surface area contributed by atoms with Crippen LogP contribution in [0.15, 0.2) is 97.3 Å². The van der Waals surface area contributed by atoms with Crippen LogP contribution in [0.5, 0.6) is 0 Å². The summed E-state index contributed by atoms with van der Waals surface area (Å²) < 4.78 is 7.87. The number of rotatable bonds is 6. The van der Waals surface area contributed by atoms with Gasteiger partial charge in [0, 0.05) is 57.3 Å². The molecule has 0 amide bonds. The van der Waals surface area contributed by atoms with Crippen molar-refractivity contribution < 1.29 is 19.4 Å². The van der Waals surface area contributed by atoms with Gasteiger partial charge in [-0.25, -0.2) is 0 Å². The Bertz CT molecular complexity index is 1050. The molecule has 7 heteroatoms. The second-order valence-electron chi connectivity index (χ2n) is 6.85. The summed E-state index contributed by atoms with van der Waals surface area (Å²) in [7, 11) is 0. The molecule has 0 saturated carbocycles. The number of hydrogen-bond acceptors (Lipinski definition) is 1. The number of benzene rings is 3. The zero-order valence-corrected chi connectivity index (χ0v) is 24.0. The molecule has 1 aromatic heterocycles. The van der Waals surface area contributed by atoms with Crippen LogP contribution in [-0.4, -0.2) is 10.5 Å². The van der Waals surface area contributed by atoms with Crippen molar-refractivity contribution in [2.75, 3.05) is 0 Å². The van der Waals surface area contributed by atoms with Gasteiger partial charge < -0.3 is 0 Å². The first kappa shape index (κ1) is 24.9. The first-order valence-corrected chi connectivity index (χ1v) is 13.1. The molecule has 0 bridgehead atoms. The van der Waals surface area contributed by atoms with E-state index in [0.29, 0.717) is 0 Å². The predicted octanol–water partition coefficient (Wildman–Crippen LogP) is 7.31. The van der Waals surface area contributed by atoms with Gasteiger partial charge in [-0.1, -0.05) is 23.7 Å². The quantitative estimate of drug-likeness (QED) is 0.147. The van der Waals surface area contributed by atoms with Gasteiger partial charge in [-0.05, 0) is 17.7 Å². The van der Waals surface area contributed by atoms with Gasteiger partial charge in [0.2, 0.25) is 0 Å². The fourth-order valence-electron chi connectivity index (χ4n) is 2.95. The Balaban J connectivity index is 0.000000210. The van der Waals surface area contributed by atoms with Crippen molar-refractivity contribution in [2.24, 2.45) is 0 Å². The van der Waals surface area contributed by atoms with E-state index in [1.54, 1.807) is 0 Å². The van der Waals surface area contributed by atoms with Crippen LogP contribution in [0.4, 0.5) is 0 Å². The topological polar surface area (TPSA) is 13.1 Å². The van der Waals surface area contributed by atoms with Gasteiger partial charge in [0.1, 0.15) is 0 Å². The van der Waals surface area contributed by atoms with E-state index in [0.717, 1.165) is 24.7 Å². The summed E-state index contributed by atoms with van der Waals surface area (Å²) in [5.74, 6) is 0. The van der Waals surface area contributed by atoms with Gasteiger partial charge in [0.25, 0.3) is 0 Å². The molecule has 0 unspecified atom stereocenters. The van der Waals surface area contributed by atoms with Crippen molar-refractivity contribution in [1.29, 1.82) is 0 Å². The first-order valence-electron chi connectivity index (χ1n) is 9.63. The average molecular weight is 837 g/mol.